The van der Waals surface area contributed by atoms with Crippen LogP contribution in [0.25, 0.3) is 0 Å². The Morgan fingerprint density at radius 3 is 2.43 bits per heavy atom. The van der Waals surface area contributed by atoms with Gasteiger partial charge in [-0.2, -0.15) is 0 Å². The van der Waals surface area contributed by atoms with E-state index in [1.807, 2.05) is 19.0 Å². The summed E-state index contributed by atoms with van der Waals surface area (Å²) >= 11 is 0. The molecular formula is C13H18FN3O4. The predicted octanol–water partition coefficient (Wildman–Crippen LogP) is 1.82. The zero-order chi connectivity index (χ0) is 16.2. The van der Waals surface area contributed by atoms with Gasteiger partial charge >= 0.3 is 5.97 Å². The Kier molecular flexibility index (Phi) is 5.60. The number of anilines is 1. The van der Waals surface area contributed by atoms with Crippen LogP contribution in [0.2, 0.25) is 0 Å². The summed E-state index contributed by atoms with van der Waals surface area (Å²) in [6, 6.07) is 1.66. The summed E-state index contributed by atoms with van der Waals surface area (Å²) in [6.45, 7) is 1.28. The first-order valence-electron chi connectivity index (χ1n) is 6.31. The SMILES string of the molecule is CN(C)CCCN(C)c1cc(F)c(C(=O)O)cc1[N+](=O)[O-]. The van der Waals surface area contributed by atoms with Gasteiger partial charge in [0.1, 0.15) is 17.1 Å². The monoisotopic (exact) mass is 299 g/mol. The lowest BCUT2D eigenvalue weighted by atomic mass is 10.1. The molecule has 0 aliphatic heterocycles. The molecule has 0 saturated heterocycles. The predicted molar refractivity (Wildman–Crippen MR) is 76.5 cm³/mol. The van der Waals surface area contributed by atoms with Crippen molar-refractivity contribution in [3.8, 4) is 0 Å². The van der Waals surface area contributed by atoms with Crippen LogP contribution in [0.3, 0.4) is 0 Å². The number of nitro groups is 1. The molecule has 0 aliphatic rings. The Bertz CT molecular complexity index is 548. The first-order chi connectivity index (χ1) is 9.73. The molecule has 0 amide bonds. The number of benzene rings is 1. The highest BCUT2D eigenvalue weighted by molar-refractivity contribution is 5.90. The van der Waals surface area contributed by atoms with Crippen molar-refractivity contribution in [2.45, 2.75) is 6.42 Å². The molecule has 21 heavy (non-hydrogen) atoms. The molecule has 0 aromatic heterocycles. The third-order valence-corrected chi connectivity index (χ3v) is 3.00. The van der Waals surface area contributed by atoms with Gasteiger partial charge in [0.2, 0.25) is 0 Å². The molecule has 116 valence electrons. The molecule has 0 radical (unpaired) electrons. The summed E-state index contributed by atoms with van der Waals surface area (Å²) in [5.74, 6) is -2.51. The van der Waals surface area contributed by atoms with Crippen molar-refractivity contribution < 1.29 is 19.2 Å². The number of carboxylic acid groups (broad SMARTS) is 1. The number of aromatic carboxylic acids is 1. The highest BCUT2D eigenvalue weighted by atomic mass is 19.1. The molecule has 1 rings (SSSR count). The van der Waals surface area contributed by atoms with Crippen LogP contribution < -0.4 is 4.90 Å². The Hall–Kier alpha value is -2.22. The standard InChI is InChI=1S/C13H18FN3O4/c1-15(2)5-4-6-16(3)11-8-10(14)9(13(18)19)7-12(11)17(20)21/h7-8H,4-6H2,1-3H3,(H,18,19). The average Bonchev–Trinajstić information content (AvgIpc) is 2.36. The third-order valence-electron chi connectivity index (χ3n) is 3.00. The highest BCUT2D eigenvalue weighted by Gasteiger charge is 2.23. The van der Waals surface area contributed by atoms with Gasteiger partial charge in [-0.05, 0) is 27.1 Å². The number of rotatable bonds is 7. The van der Waals surface area contributed by atoms with Crippen molar-refractivity contribution in [1.29, 1.82) is 0 Å². The molecule has 0 atom stereocenters. The fourth-order valence-corrected chi connectivity index (χ4v) is 1.91. The molecular weight excluding hydrogens is 281 g/mol. The molecule has 0 bridgehead atoms. The third kappa shape index (κ3) is 4.38. The van der Waals surface area contributed by atoms with Gasteiger partial charge in [-0.1, -0.05) is 0 Å². The normalized spacial score (nSPS) is 10.7. The fraction of sp³-hybridized carbons (Fsp3) is 0.462. The Morgan fingerprint density at radius 1 is 1.33 bits per heavy atom. The van der Waals surface area contributed by atoms with E-state index in [1.165, 1.54) is 0 Å². The van der Waals surface area contributed by atoms with Gasteiger partial charge in [-0.3, -0.25) is 10.1 Å². The second-order valence-electron chi connectivity index (χ2n) is 4.96. The van der Waals surface area contributed by atoms with Gasteiger partial charge < -0.3 is 14.9 Å². The molecule has 1 N–H and O–H groups in total. The van der Waals surface area contributed by atoms with Crippen LogP contribution in [0.5, 0.6) is 0 Å². The highest BCUT2D eigenvalue weighted by Crippen LogP contribution is 2.30. The van der Waals surface area contributed by atoms with Crippen LogP contribution >= 0.6 is 0 Å². The molecule has 0 unspecified atom stereocenters. The van der Waals surface area contributed by atoms with Crippen molar-refractivity contribution in [1.82, 2.24) is 4.90 Å². The number of carboxylic acids is 1. The van der Waals surface area contributed by atoms with Crippen molar-refractivity contribution >= 4 is 17.3 Å². The second-order valence-corrected chi connectivity index (χ2v) is 4.96. The maximum Gasteiger partial charge on any atom is 0.338 e. The molecule has 0 aliphatic carbocycles. The van der Waals surface area contributed by atoms with E-state index in [2.05, 4.69) is 0 Å². The van der Waals surface area contributed by atoms with Crippen LogP contribution in [0, 0.1) is 15.9 Å². The van der Waals surface area contributed by atoms with Crippen LogP contribution in [0.1, 0.15) is 16.8 Å². The van der Waals surface area contributed by atoms with E-state index in [-0.39, 0.29) is 5.69 Å². The van der Waals surface area contributed by atoms with E-state index < -0.39 is 28.0 Å². The van der Waals surface area contributed by atoms with E-state index in [9.17, 15) is 19.3 Å². The molecule has 1 aromatic carbocycles. The van der Waals surface area contributed by atoms with Gasteiger partial charge in [0, 0.05) is 25.7 Å². The Balaban J connectivity index is 3.07. The summed E-state index contributed by atoms with van der Waals surface area (Å²) in [4.78, 5) is 24.7. The first kappa shape index (κ1) is 16.8. The topological polar surface area (TPSA) is 86.9 Å². The molecule has 0 saturated carbocycles. The smallest absolute Gasteiger partial charge is 0.338 e. The number of hydrogen-bond acceptors (Lipinski definition) is 5. The van der Waals surface area contributed by atoms with Crippen molar-refractivity contribution in [2.24, 2.45) is 0 Å². The number of carbonyl (C=O) groups is 1. The maximum atomic E-state index is 13.7. The van der Waals surface area contributed by atoms with Crippen molar-refractivity contribution in [2.75, 3.05) is 39.1 Å². The summed E-state index contributed by atoms with van der Waals surface area (Å²) in [5, 5.41) is 19.9. The van der Waals surface area contributed by atoms with E-state index in [0.29, 0.717) is 6.54 Å². The van der Waals surface area contributed by atoms with Gasteiger partial charge in [-0.25, -0.2) is 9.18 Å². The minimum atomic E-state index is -1.53. The zero-order valence-electron chi connectivity index (χ0n) is 12.2. The van der Waals surface area contributed by atoms with E-state index in [1.54, 1.807) is 11.9 Å². The van der Waals surface area contributed by atoms with Crippen LogP contribution in [-0.4, -0.2) is 55.1 Å². The average molecular weight is 299 g/mol. The molecule has 0 heterocycles. The molecule has 7 nitrogen and oxygen atoms in total. The minimum absolute atomic E-state index is 0.0706. The van der Waals surface area contributed by atoms with Crippen molar-refractivity contribution in [3.63, 3.8) is 0 Å². The lowest BCUT2D eigenvalue weighted by molar-refractivity contribution is -0.384. The largest absolute Gasteiger partial charge is 0.478 e. The molecule has 8 heteroatoms. The summed E-state index contributed by atoms with van der Waals surface area (Å²) in [5.41, 5.74) is -1.05. The van der Waals surface area contributed by atoms with E-state index >= 15 is 0 Å². The first-order valence-corrected chi connectivity index (χ1v) is 6.31. The lowest BCUT2D eigenvalue weighted by Gasteiger charge is -2.20. The van der Waals surface area contributed by atoms with Gasteiger partial charge in [-0.15, -0.1) is 0 Å². The number of halogens is 1. The summed E-state index contributed by atoms with van der Waals surface area (Å²) < 4.78 is 13.7. The Morgan fingerprint density at radius 2 is 1.95 bits per heavy atom. The zero-order valence-corrected chi connectivity index (χ0v) is 12.2. The van der Waals surface area contributed by atoms with E-state index in [4.69, 9.17) is 5.11 Å². The number of hydrogen-bond donors (Lipinski definition) is 1. The van der Waals surface area contributed by atoms with Gasteiger partial charge in [0.15, 0.2) is 0 Å². The van der Waals surface area contributed by atoms with Crippen LogP contribution in [0.4, 0.5) is 15.8 Å². The second kappa shape index (κ2) is 6.98. The Labute approximate surface area is 121 Å². The minimum Gasteiger partial charge on any atom is -0.478 e. The number of nitro benzene ring substituents is 1. The van der Waals surface area contributed by atoms with Gasteiger partial charge in [0.25, 0.3) is 5.69 Å². The lowest BCUT2D eigenvalue weighted by Crippen LogP contribution is -2.24. The summed E-state index contributed by atoms with van der Waals surface area (Å²) in [7, 11) is 5.42. The molecule has 1 aromatic rings. The quantitative estimate of drug-likeness (QED) is 0.610. The number of nitrogens with zero attached hydrogens (tertiary/aromatic N) is 3. The molecule has 0 spiro atoms. The van der Waals surface area contributed by atoms with Gasteiger partial charge in [0.05, 0.1) is 4.92 Å². The summed E-state index contributed by atoms with van der Waals surface area (Å²) in [6.07, 6.45) is 0.739. The van der Waals surface area contributed by atoms with Crippen LogP contribution in [0.15, 0.2) is 12.1 Å². The fourth-order valence-electron chi connectivity index (χ4n) is 1.91. The maximum absolute atomic E-state index is 13.7. The van der Waals surface area contributed by atoms with Crippen molar-refractivity contribution in [3.05, 3.63) is 33.6 Å². The van der Waals surface area contributed by atoms with E-state index in [0.717, 1.165) is 25.1 Å². The van der Waals surface area contributed by atoms with Crippen LogP contribution in [-0.2, 0) is 0 Å². The molecule has 0 fully saturated rings.